The Kier molecular flexibility index (Phi) is 10.3. The summed E-state index contributed by atoms with van der Waals surface area (Å²) in [5, 5.41) is 0. The molecule has 4 fully saturated rings. The molecule has 4 aliphatic rings. The molecule has 0 bridgehead atoms. The lowest BCUT2D eigenvalue weighted by Crippen LogP contribution is -2.60. The first-order valence-corrected chi connectivity index (χ1v) is 17.8. The number of benzene rings is 1. The minimum Gasteiger partial charge on any atom is -0.463 e. The van der Waals surface area contributed by atoms with Gasteiger partial charge in [0.1, 0.15) is 6.10 Å². The van der Waals surface area contributed by atoms with Crippen LogP contribution < -0.4 is 0 Å². The summed E-state index contributed by atoms with van der Waals surface area (Å²) in [6.07, 6.45) is 15.9. The Labute approximate surface area is 266 Å². The van der Waals surface area contributed by atoms with Crippen LogP contribution in [-0.4, -0.2) is 36.9 Å². The van der Waals surface area contributed by atoms with Crippen molar-refractivity contribution in [3.05, 3.63) is 48.0 Å². The predicted molar refractivity (Wildman–Crippen MR) is 175 cm³/mol. The largest absolute Gasteiger partial charge is 0.463 e. The average Bonchev–Trinajstić information content (AvgIpc) is 3.37. The lowest BCUT2D eigenvalue weighted by Gasteiger charge is -2.64. The third kappa shape index (κ3) is 6.55. The second-order valence-electron chi connectivity index (χ2n) is 15.5. The van der Waals surface area contributed by atoms with Crippen LogP contribution in [0.5, 0.6) is 0 Å². The molecule has 1 aromatic carbocycles. The summed E-state index contributed by atoms with van der Waals surface area (Å²) in [4.78, 5) is 25.4. The fourth-order valence-electron chi connectivity index (χ4n) is 10.6. The molecule has 44 heavy (non-hydrogen) atoms. The molecule has 4 saturated carbocycles. The van der Waals surface area contributed by atoms with Gasteiger partial charge in [0.25, 0.3) is 0 Å². The predicted octanol–water partition coefficient (Wildman–Crippen LogP) is 9.20. The molecule has 0 N–H and O–H groups in total. The number of rotatable bonds is 11. The van der Waals surface area contributed by atoms with E-state index in [1.54, 1.807) is 6.08 Å². The lowest BCUT2D eigenvalue weighted by molar-refractivity contribution is -0.195. The van der Waals surface area contributed by atoms with Crippen LogP contribution in [0.4, 0.5) is 0 Å². The Balaban J connectivity index is 1.38. The van der Waals surface area contributed by atoms with E-state index in [9.17, 15) is 9.59 Å². The van der Waals surface area contributed by atoms with E-state index in [2.05, 4.69) is 34.6 Å². The highest BCUT2D eigenvalue weighted by molar-refractivity contribution is 5.89. The maximum absolute atomic E-state index is 13.6. The van der Waals surface area contributed by atoms with Gasteiger partial charge in [0.15, 0.2) is 0 Å². The summed E-state index contributed by atoms with van der Waals surface area (Å²) in [5.74, 6) is 2.87. The zero-order valence-electron chi connectivity index (χ0n) is 28.3. The summed E-state index contributed by atoms with van der Waals surface area (Å²) in [6, 6.07) is 9.58. The summed E-state index contributed by atoms with van der Waals surface area (Å²) < 4.78 is 18.2. The number of fused-ring (bicyclic) bond motifs is 5. The zero-order chi connectivity index (χ0) is 31.5. The molecule has 5 nitrogen and oxygen atoms in total. The summed E-state index contributed by atoms with van der Waals surface area (Å²) in [7, 11) is 0. The molecule has 0 saturated heterocycles. The third-order valence-electron chi connectivity index (χ3n) is 12.9. The van der Waals surface area contributed by atoms with Gasteiger partial charge in [-0.15, -0.1) is 0 Å². The van der Waals surface area contributed by atoms with Crippen LogP contribution in [-0.2, 0) is 19.0 Å². The molecular weight excluding hydrogens is 548 g/mol. The van der Waals surface area contributed by atoms with Gasteiger partial charge in [-0.05, 0) is 137 Å². The number of carbonyl (C=O) groups is 2. The van der Waals surface area contributed by atoms with Crippen LogP contribution >= 0.6 is 0 Å². The van der Waals surface area contributed by atoms with E-state index < -0.39 is 0 Å². The highest BCUT2D eigenvalue weighted by Crippen LogP contribution is 2.69. The second kappa shape index (κ2) is 13.7. The van der Waals surface area contributed by atoms with Crippen molar-refractivity contribution in [2.75, 3.05) is 13.2 Å². The number of hydrogen-bond acceptors (Lipinski definition) is 5. The molecule has 5 heteroatoms. The first-order valence-electron chi connectivity index (χ1n) is 17.8. The molecule has 0 aromatic heterocycles. The topological polar surface area (TPSA) is 61.8 Å². The Hall–Kier alpha value is -2.14. The van der Waals surface area contributed by atoms with Gasteiger partial charge in [-0.2, -0.15) is 0 Å². The number of ether oxygens (including phenoxy) is 3. The molecular formula is C39H58O5. The van der Waals surface area contributed by atoms with Crippen molar-refractivity contribution in [1.29, 1.82) is 0 Å². The van der Waals surface area contributed by atoms with Crippen molar-refractivity contribution in [1.82, 2.24) is 0 Å². The first-order chi connectivity index (χ1) is 21.0. The maximum atomic E-state index is 13.6. The van der Waals surface area contributed by atoms with Gasteiger partial charge in [-0.25, -0.2) is 9.59 Å². The zero-order valence-corrected chi connectivity index (χ0v) is 28.3. The third-order valence-corrected chi connectivity index (χ3v) is 12.9. The molecule has 0 amide bonds. The van der Waals surface area contributed by atoms with E-state index >= 15 is 0 Å². The summed E-state index contributed by atoms with van der Waals surface area (Å²) in [5.41, 5.74) is 1.09. The molecule has 244 valence electrons. The van der Waals surface area contributed by atoms with Crippen LogP contribution in [0.2, 0.25) is 0 Å². The van der Waals surface area contributed by atoms with Crippen molar-refractivity contribution in [3.8, 4) is 0 Å². The molecule has 0 radical (unpaired) electrons. The maximum Gasteiger partial charge on any atom is 0.338 e. The minimum atomic E-state index is -0.244. The number of hydrogen-bond donors (Lipinski definition) is 0. The quantitative estimate of drug-likeness (QED) is 0.186. The monoisotopic (exact) mass is 606 g/mol. The van der Waals surface area contributed by atoms with Crippen LogP contribution in [0.15, 0.2) is 42.5 Å². The Morgan fingerprint density at radius 3 is 2.45 bits per heavy atom. The van der Waals surface area contributed by atoms with E-state index in [1.165, 1.54) is 32.1 Å². The van der Waals surface area contributed by atoms with Crippen LogP contribution in [0.25, 0.3) is 0 Å². The van der Waals surface area contributed by atoms with Gasteiger partial charge in [0, 0.05) is 18.6 Å². The fraction of sp³-hybridized carbons (Fsp3) is 0.744. The van der Waals surface area contributed by atoms with Gasteiger partial charge in [0.05, 0.1) is 17.8 Å². The van der Waals surface area contributed by atoms with E-state index in [0.717, 1.165) is 45.1 Å². The van der Waals surface area contributed by atoms with E-state index in [0.29, 0.717) is 47.7 Å². The van der Waals surface area contributed by atoms with Crippen LogP contribution in [0.3, 0.4) is 0 Å². The molecule has 0 aliphatic heterocycles. The fourth-order valence-corrected chi connectivity index (χ4v) is 10.6. The SMILES string of the molecule is CCCOC1(C)CCC2(C)C3CCC4(C)C(CCC4[C@H](C)CC/C=C/C(=O)OCC)C3[C@H](OC(=O)c3ccccc3)C[C@H]2C1. The molecule has 4 aliphatic carbocycles. The number of esters is 2. The molecule has 0 spiro atoms. The summed E-state index contributed by atoms with van der Waals surface area (Å²) in [6.45, 7) is 15.2. The van der Waals surface area contributed by atoms with Crippen molar-refractivity contribution in [2.45, 2.75) is 124 Å². The highest BCUT2D eigenvalue weighted by Gasteiger charge is 2.64. The van der Waals surface area contributed by atoms with Crippen LogP contribution in [0.1, 0.15) is 123 Å². The minimum absolute atomic E-state index is 0.0505. The molecule has 5 rings (SSSR count). The van der Waals surface area contributed by atoms with E-state index in [4.69, 9.17) is 14.2 Å². The van der Waals surface area contributed by atoms with Crippen molar-refractivity contribution < 1.29 is 23.8 Å². The lowest BCUT2D eigenvalue weighted by atomic mass is 9.43. The molecule has 10 atom stereocenters. The Morgan fingerprint density at radius 1 is 0.977 bits per heavy atom. The molecule has 1 aromatic rings. The highest BCUT2D eigenvalue weighted by atomic mass is 16.5. The van der Waals surface area contributed by atoms with Gasteiger partial charge in [0.2, 0.25) is 0 Å². The normalized spacial score (nSPS) is 38.8. The van der Waals surface area contributed by atoms with Crippen molar-refractivity contribution in [2.24, 2.45) is 46.3 Å². The van der Waals surface area contributed by atoms with Gasteiger partial charge < -0.3 is 14.2 Å². The van der Waals surface area contributed by atoms with Gasteiger partial charge >= 0.3 is 11.9 Å². The standard InChI is InChI=1S/C39H58O5/c1-7-24-43-37(4)22-23-38(5)29(26-37)25-33(44-36(41)28-15-10-9-11-16-28)35-31-19-18-30(39(31,6)21-20-32(35)38)27(3)14-12-13-17-34(40)42-8-2/h9-11,13,15-17,27,29-33,35H,7-8,12,14,18-26H2,1-6H3/b17-13+/t27-,29+,30?,31?,32?,33-,35?,37?,38?,39?/m1/s1. The first kappa shape index (κ1) is 33.2. The van der Waals surface area contributed by atoms with Crippen LogP contribution in [0, 0.1) is 46.3 Å². The second-order valence-corrected chi connectivity index (χ2v) is 15.5. The van der Waals surface area contributed by atoms with Gasteiger partial charge in [-0.3, -0.25) is 0 Å². The van der Waals surface area contributed by atoms with E-state index in [-0.39, 0.29) is 34.5 Å². The average molecular weight is 607 g/mol. The van der Waals surface area contributed by atoms with E-state index in [1.807, 2.05) is 43.3 Å². The summed E-state index contributed by atoms with van der Waals surface area (Å²) >= 11 is 0. The molecule has 0 heterocycles. The molecule has 7 unspecified atom stereocenters. The smallest absolute Gasteiger partial charge is 0.338 e. The number of carbonyl (C=O) groups excluding carboxylic acids is 2. The Morgan fingerprint density at radius 2 is 1.73 bits per heavy atom. The van der Waals surface area contributed by atoms with Gasteiger partial charge in [-0.1, -0.05) is 52.0 Å². The number of allylic oxidation sites excluding steroid dienone is 1. The van der Waals surface area contributed by atoms with Crippen molar-refractivity contribution in [3.63, 3.8) is 0 Å². The van der Waals surface area contributed by atoms with Crippen molar-refractivity contribution >= 4 is 11.9 Å². The Bertz CT molecular complexity index is 1160.